The van der Waals surface area contributed by atoms with Crippen molar-refractivity contribution >= 4 is 21.6 Å². The fourth-order valence-corrected chi connectivity index (χ4v) is 2.14. The number of halogens is 1. The van der Waals surface area contributed by atoms with Crippen molar-refractivity contribution < 1.29 is 9.47 Å². The Morgan fingerprint density at radius 1 is 1.39 bits per heavy atom. The molecule has 0 bridgehead atoms. The Morgan fingerprint density at radius 2 is 2.17 bits per heavy atom. The van der Waals surface area contributed by atoms with Crippen molar-refractivity contribution in [1.82, 2.24) is 0 Å². The lowest BCUT2D eigenvalue weighted by molar-refractivity contribution is 0.182. The second-order valence-electron chi connectivity index (χ2n) is 4.07. The molecule has 0 heterocycles. The van der Waals surface area contributed by atoms with E-state index in [9.17, 15) is 0 Å². The van der Waals surface area contributed by atoms with E-state index in [4.69, 9.17) is 15.2 Å². The minimum atomic E-state index is 0.238. The van der Waals surface area contributed by atoms with E-state index >= 15 is 0 Å². The van der Waals surface area contributed by atoms with Crippen LogP contribution in [0.3, 0.4) is 0 Å². The summed E-state index contributed by atoms with van der Waals surface area (Å²) in [6.45, 7) is 1.34. The Hall–Kier alpha value is -0.780. The molecule has 0 amide bonds. The first-order chi connectivity index (χ1) is 8.71. The van der Waals surface area contributed by atoms with Crippen LogP contribution in [-0.2, 0) is 4.74 Å². The Kier molecular flexibility index (Phi) is 7.08. The fourth-order valence-electron chi connectivity index (χ4n) is 1.78. The summed E-state index contributed by atoms with van der Waals surface area (Å²) in [6.07, 6.45) is 1.94. The number of benzene rings is 1. The van der Waals surface area contributed by atoms with Crippen molar-refractivity contribution in [2.75, 3.05) is 32.7 Å². The molecule has 0 aromatic heterocycles. The van der Waals surface area contributed by atoms with Crippen LogP contribution < -0.4 is 15.8 Å². The first-order valence-electron chi connectivity index (χ1n) is 6.00. The third-order valence-corrected chi connectivity index (χ3v) is 3.14. The van der Waals surface area contributed by atoms with E-state index in [1.54, 1.807) is 14.2 Å². The Labute approximate surface area is 117 Å². The zero-order valence-corrected chi connectivity index (χ0v) is 12.5. The number of methoxy groups -OCH3 is 2. The predicted octanol–water partition coefficient (Wildman–Crippen LogP) is 2.62. The summed E-state index contributed by atoms with van der Waals surface area (Å²) < 4.78 is 11.6. The van der Waals surface area contributed by atoms with Gasteiger partial charge in [-0.2, -0.15) is 0 Å². The first-order valence-corrected chi connectivity index (χ1v) is 6.79. The van der Waals surface area contributed by atoms with Gasteiger partial charge < -0.3 is 20.5 Å². The van der Waals surface area contributed by atoms with Crippen molar-refractivity contribution in [1.29, 1.82) is 0 Å². The molecule has 0 aliphatic rings. The normalized spacial score (nSPS) is 12.2. The van der Waals surface area contributed by atoms with Gasteiger partial charge in [0.2, 0.25) is 0 Å². The van der Waals surface area contributed by atoms with Gasteiger partial charge in [0.05, 0.1) is 19.4 Å². The maximum absolute atomic E-state index is 5.55. The smallest absolute Gasteiger partial charge is 0.142 e. The molecular weight excluding hydrogens is 296 g/mol. The maximum atomic E-state index is 5.55. The molecule has 18 heavy (non-hydrogen) atoms. The highest BCUT2D eigenvalue weighted by atomic mass is 79.9. The molecule has 102 valence electrons. The number of hydrogen-bond acceptors (Lipinski definition) is 4. The van der Waals surface area contributed by atoms with Crippen LogP contribution in [0.5, 0.6) is 5.75 Å². The third kappa shape index (κ3) is 4.84. The first kappa shape index (κ1) is 15.3. The molecule has 1 atom stereocenters. The predicted molar refractivity (Wildman–Crippen MR) is 78.3 cm³/mol. The van der Waals surface area contributed by atoms with Crippen LogP contribution in [0.1, 0.15) is 12.8 Å². The number of anilines is 1. The SMILES string of the molecule is COCC(CCCN)Nc1cc(Br)ccc1OC. The highest BCUT2D eigenvalue weighted by Crippen LogP contribution is 2.28. The molecule has 4 nitrogen and oxygen atoms in total. The van der Waals surface area contributed by atoms with Gasteiger partial charge in [-0.15, -0.1) is 0 Å². The van der Waals surface area contributed by atoms with Crippen molar-refractivity contribution in [3.63, 3.8) is 0 Å². The summed E-state index contributed by atoms with van der Waals surface area (Å²) in [4.78, 5) is 0. The minimum Gasteiger partial charge on any atom is -0.495 e. The van der Waals surface area contributed by atoms with Crippen molar-refractivity contribution in [2.24, 2.45) is 5.73 Å². The molecule has 0 saturated carbocycles. The number of nitrogens with two attached hydrogens (primary N) is 1. The summed E-state index contributed by atoms with van der Waals surface area (Å²) in [5.41, 5.74) is 6.51. The molecule has 0 saturated heterocycles. The highest BCUT2D eigenvalue weighted by molar-refractivity contribution is 9.10. The molecule has 1 unspecified atom stereocenters. The van der Waals surface area contributed by atoms with E-state index in [0.717, 1.165) is 28.8 Å². The van der Waals surface area contributed by atoms with Gasteiger partial charge in [-0.3, -0.25) is 0 Å². The van der Waals surface area contributed by atoms with Crippen LogP contribution in [0.4, 0.5) is 5.69 Å². The Morgan fingerprint density at radius 3 is 2.78 bits per heavy atom. The van der Waals surface area contributed by atoms with Crippen LogP contribution in [0, 0.1) is 0 Å². The molecule has 1 aromatic carbocycles. The molecule has 1 aromatic rings. The molecule has 0 fully saturated rings. The van der Waals surface area contributed by atoms with Crippen molar-refractivity contribution in [3.8, 4) is 5.75 Å². The van der Waals surface area contributed by atoms with Crippen LogP contribution in [0.2, 0.25) is 0 Å². The van der Waals surface area contributed by atoms with Gasteiger partial charge in [-0.25, -0.2) is 0 Å². The second-order valence-corrected chi connectivity index (χ2v) is 4.99. The average Bonchev–Trinajstić information content (AvgIpc) is 2.36. The number of ether oxygens (including phenoxy) is 2. The fraction of sp³-hybridized carbons (Fsp3) is 0.538. The molecule has 5 heteroatoms. The van der Waals surface area contributed by atoms with Gasteiger partial charge >= 0.3 is 0 Å². The Bertz CT molecular complexity index is 361. The van der Waals surface area contributed by atoms with Crippen molar-refractivity contribution in [3.05, 3.63) is 22.7 Å². The molecule has 0 spiro atoms. The lowest BCUT2D eigenvalue weighted by Crippen LogP contribution is -2.26. The van der Waals surface area contributed by atoms with E-state index in [0.29, 0.717) is 13.2 Å². The topological polar surface area (TPSA) is 56.5 Å². The lowest BCUT2D eigenvalue weighted by atomic mass is 10.1. The molecule has 0 radical (unpaired) electrons. The van der Waals surface area contributed by atoms with Gasteiger partial charge in [-0.1, -0.05) is 15.9 Å². The summed E-state index contributed by atoms with van der Waals surface area (Å²) in [5, 5.41) is 3.44. The number of nitrogens with one attached hydrogen (secondary N) is 1. The summed E-state index contributed by atoms with van der Waals surface area (Å²) in [5.74, 6) is 0.826. The van der Waals surface area contributed by atoms with Crippen molar-refractivity contribution in [2.45, 2.75) is 18.9 Å². The van der Waals surface area contributed by atoms with E-state index in [2.05, 4.69) is 21.2 Å². The number of rotatable bonds is 8. The molecule has 1 rings (SSSR count). The average molecular weight is 317 g/mol. The summed E-state index contributed by atoms with van der Waals surface area (Å²) in [7, 11) is 3.37. The minimum absolute atomic E-state index is 0.238. The molecule has 3 N–H and O–H groups in total. The number of hydrogen-bond donors (Lipinski definition) is 2. The monoisotopic (exact) mass is 316 g/mol. The van der Waals surface area contributed by atoms with Crippen LogP contribution in [-0.4, -0.2) is 33.4 Å². The maximum Gasteiger partial charge on any atom is 0.142 e. The zero-order chi connectivity index (χ0) is 13.4. The molecule has 0 aliphatic heterocycles. The highest BCUT2D eigenvalue weighted by Gasteiger charge is 2.11. The zero-order valence-electron chi connectivity index (χ0n) is 10.9. The van der Waals surface area contributed by atoms with Gasteiger partial charge in [0.25, 0.3) is 0 Å². The lowest BCUT2D eigenvalue weighted by Gasteiger charge is -2.20. The van der Waals surface area contributed by atoms with Gasteiger partial charge in [0.15, 0.2) is 0 Å². The standard InChI is InChI=1S/C13H21BrN2O2/c1-17-9-11(4-3-7-15)16-12-8-10(14)5-6-13(12)18-2/h5-6,8,11,16H,3-4,7,9,15H2,1-2H3. The summed E-state index contributed by atoms with van der Waals surface area (Å²) >= 11 is 3.46. The molecule has 0 aliphatic carbocycles. The van der Waals surface area contributed by atoms with Gasteiger partial charge in [0.1, 0.15) is 5.75 Å². The molecular formula is C13H21BrN2O2. The third-order valence-electron chi connectivity index (χ3n) is 2.65. The summed E-state index contributed by atoms with van der Waals surface area (Å²) in [6, 6.07) is 6.13. The van der Waals surface area contributed by atoms with Gasteiger partial charge in [-0.05, 0) is 37.6 Å². The van der Waals surface area contributed by atoms with E-state index in [1.807, 2.05) is 18.2 Å². The van der Waals surface area contributed by atoms with Crippen LogP contribution in [0.25, 0.3) is 0 Å². The Balaban J connectivity index is 2.74. The van der Waals surface area contributed by atoms with Gasteiger partial charge in [0, 0.05) is 17.6 Å². The van der Waals surface area contributed by atoms with E-state index < -0.39 is 0 Å². The largest absolute Gasteiger partial charge is 0.495 e. The van der Waals surface area contributed by atoms with E-state index in [1.165, 1.54) is 0 Å². The quantitative estimate of drug-likeness (QED) is 0.774. The second kappa shape index (κ2) is 8.34. The van der Waals surface area contributed by atoms with Crippen LogP contribution in [0.15, 0.2) is 22.7 Å². The van der Waals surface area contributed by atoms with Crippen LogP contribution >= 0.6 is 15.9 Å². The van der Waals surface area contributed by atoms with E-state index in [-0.39, 0.29) is 6.04 Å².